The predicted molar refractivity (Wildman–Crippen MR) is 351 cm³/mol. The molecule has 6 saturated heterocycles. The van der Waals surface area contributed by atoms with Crippen molar-refractivity contribution in [1.82, 2.24) is 5.32 Å². The molecule has 6 fully saturated rings. The Morgan fingerprint density at radius 1 is 0.440 bits per heavy atom. The average Bonchev–Trinajstić information content (AvgIpc) is 0.778. The highest BCUT2D eigenvalue weighted by Crippen LogP contribution is 2.37. The molecule has 19 unspecified atom stereocenters. The summed E-state index contributed by atoms with van der Waals surface area (Å²) < 4.78 is 70.5. The first-order chi connectivity index (χ1) is 48.1. The van der Waals surface area contributed by atoms with E-state index in [4.69, 9.17) is 62.6 Å². The second-order valence-electron chi connectivity index (χ2n) is 27.7. The highest BCUT2D eigenvalue weighted by atomic mass is 16.8. The molecule has 6 aliphatic heterocycles. The molecule has 6 rings (SSSR count). The van der Waals surface area contributed by atoms with Crippen LogP contribution in [0.3, 0.4) is 0 Å². The van der Waals surface area contributed by atoms with Crippen molar-refractivity contribution in [3.63, 3.8) is 0 Å². The van der Waals surface area contributed by atoms with Gasteiger partial charge in [-0.3, -0.25) is 4.79 Å². The van der Waals surface area contributed by atoms with Crippen LogP contribution in [0.4, 0.5) is 0 Å². The molecule has 6 heterocycles. The van der Waals surface area contributed by atoms with Gasteiger partial charge in [0.15, 0.2) is 37.7 Å². The van der Waals surface area contributed by atoms with Crippen molar-refractivity contribution in [3.05, 3.63) is 12.2 Å². The van der Waals surface area contributed by atoms with Gasteiger partial charge in [-0.25, -0.2) is 0 Å². The molecule has 32 nitrogen and oxygen atoms in total. The Labute approximate surface area is 586 Å². The first-order valence-corrected chi connectivity index (χ1v) is 36.8. The van der Waals surface area contributed by atoms with Crippen LogP contribution >= 0.6 is 0 Å². The Morgan fingerprint density at radius 3 is 1.44 bits per heavy atom. The Kier molecular flexibility index (Phi) is 39.7. The van der Waals surface area contributed by atoms with Gasteiger partial charge in [0, 0.05) is 12.8 Å². The summed E-state index contributed by atoms with van der Waals surface area (Å²) in [7, 11) is 0. The number of nitrogens with one attached hydrogen (secondary N) is 1. The molecule has 0 spiro atoms. The predicted octanol–water partition coefficient (Wildman–Crippen LogP) is -2.25. The van der Waals surface area contributed by atoms with Gasteiger partial charge in [0.2, 0.25) is 5.91 Å². The summed E-state index contributed by atoms with van der Waals surface area (Å²) in [6.45, 7) is 0.927. The molecule has 0 aliphatic carbocycles. The fourth-order valence-electron chi connectivity index (χ4n) is 13.5. The normalized spacial score (nSPS) is 39.6. The van der Waals surface area contributed by atoms with Crippen LogP contribution in [0.5, 0.6) is 0 Å². The topological polar surface area (TPSA) is 510 Å². The second-order valence-corrected chi connectivity index (χ2v) is 27.7. The molecule has 32 heteroatoms. The number of amides is 1. The zero-order valence-electron chi connectivity index (χ0n) is 58.5. The van der Waals surface area contributed by atoms with Gasteiger partial charge in [0.05, 0.1) is 70.0 Å². The summed E-state index contributed by atoms with van der Waals surface area (Å²) in [5, 5.41) is 189. The Hall–Kier alpha value is -1.99. The first kappa shape index (κ1) is 86.9. The van der Waals surface area contributed by atoms with Gasteiger partial charge in [-0.2, -0.15) is 0 Å². The van der Waals surface area contributed by atoms with Crippen LogP contribution in [0, 0.1) is 0 Å². The maximum Gasteiger partial charge on any atom is 0.220 e. The Bertz CT molecular complexity index is 2230. The minimum Gasteiger partial charge on any atom is -0.394 e. The van der Waals surface area contributed by atoms with Crippen molar-refractivity contribution in [1.29, 1.82) is 0 Å². The van der Waals surface area contributed by atoms with Crippen molar-refractivity contribution in [2.75, 3.05) is 39.6 Å². The van der Waals surface area contributed by atoms with E-state index in [9.17, 15) is 91.6 Å². The number of unbranched alkanes of at least 4 members (excludes halogenated alkanes) is 21. The van der Waals surface area contributed by atoms with Crippen molar-refractivity contribution in [3.8, 4) is 0 Å². The van der Waals surface area contributed by atoms with Gasteiger partial charge < -0.3 is 155 Å². The molecular weight excluding hydrogens is 1320 g/mol. The maximum atomic E-state index is 13.4. The van der Waals surface area contributed by atoms with Crippen LogP contribution in [-0.2, 0) is 61.6 Å². The van der Waals surface area contributed by atoms with Crippen LogP contribution in [0.25, 0.3) is 0 Å². The van der Waals surface area contributed by atoms with Crippen LogP contribution in [-0.4, -0.2) is 323 Å². The number of hydrogen-bond acceptors (Lipinski definition) is 31. The van der Waals surface area contributed by atoms with Gasteiger partial charge >= 0.3 is 0 Å². The van der Waals surface area contributed by atoms with Crippen molar-refractivity contribution in [2.45, 2.75) is 372 Å². The lowest BCUT2D eigenvalue weighted by molar-refractivity contribution is -0.391. The van der Waals surface area contributed by atoms with Crippen molar-refractivity contribution >= 4 is 5.91 Å². The Morgan fingerprint density at radius 2 is 0.870 bits per heavy atom. The molecule has 0 bridgehead atoms. The summed E-state index contributed by atoms with van der Waals surface area (Å²) in [5.74, 6) is -0.279. The molecule has 0 saturated carbocycles. The quantitative estimate of drug-likeness (QED) is 0.0226. The lowest BCUT2D eigenvalue weighted by atomic mass is 9.94. The first-order valence-electron chi connectivity index (χ1n) is 36.8. The monoisotopic (exact) mass is 1450 g/mol. The van der Waals surface area contributed by atoms with E-state index in [0.29, 0.717) is 6.42 Å². The molecule has 0 aromatic carbocycles. The molecule has 0 radical (unpaired) electrons. The third-order valence-corrected chi connectivity index (χ3v) is 19.9. The highest BCUT2D eigenvalue weighted by Gasteiger charge is 2.57. The van der Waals surface area contributed by atoms with E-state index in [1.807, 2.05) is 6.08 Å². The smallest absolute Gasteiger partial charge is 0.220 e. The summed E-state index contributed by atoms with van der Waals surface area (Å²) in [5.41, 5.74) is 6.59. The van der Waals surface area contributed by atoms with E-state index < -0.39 is 223 Å². The van der Waals surface area contributed by atoms with E-state index in [2.05, 4.69) is 19.2 Å². The molecule has 1 amide bonds. The zero-order valence-corrected chi connectivity index (χ0v) is 58.5. The molecule has 586 valence electrons. The second kappa shape index (κ2) is 45.6. The van der Waals surface area contributed by atoms with Gasteiger partial charge in [0.1, 0.15) is 122 Å². The maximum absolute atomic E-state index is 13.4. The third-order valence-electron chi connectivity index (χ3n) is 19.9. The van der Waals surface area contributed by atoms with Crippen LogP contribution in [0.1, 0.15) is 181 Å². The number of allylic oxidation sites excluding steroid dienone is 1. The molecule has 0 aromatic rings. The highest BCUT2D eigenvalue weighted by molar-refractivity contribution is 5.76. The minimum absolute atomic E-state index is 0.234. The van der Waals surface area contributed by atoms with Gasteiger partial charge in [0.25, 0.3) is 0 Å². The molecular formula is C68H124N2O30. The number of nitrogens with two attached hydrogens (primary N) is 1. The van der Waals surface area contributed by atoms with E-state index in [1.54, 1.807) is 6.08 Å². The molecule has 0 aromatic heterocycles. The molecule has 100 heavy (non-hydrogen) atoms. The number of rotatable bonds is 45. The fourth-order valence-corrected chi connectivity index (χ4v) is 13.5. The minimum atomic E-state index is -2.15. The van der Waals surface area contributed by atoms with Crippen LogP contribution in [0.2, 0.25) is 0 Å². The lowest BCUT2D eigenvalue weighted by Gasteiger charge is -2.50. The largest absolute Gasteiger partial charge is 0.394 e. The van der Waals surface area contributed by atoms with E-state index in [1.165, 1.54) is 96.8 Å². The lowest BCUT2D eigenvalue weighted by Crippen LogP contribution is -2.69. The third kappa shape index (κ3) is 25.3. The molecule has 20 N–H and O–H groups in total. The van der Waals surface area contributed by atoms with Crippen molar-refractivity contribution in [2.24, 2.45) is 5.73 Å². The number of aliphatic hydroxyl groups is 17. The average molecular weight is 1450 g/mol. The number of hydrogen-bond donors (Lipinski definition) is 19. The summed E-state index contributed by atoms with van der Waals surface area (Å²) in [6, 6.07) is -2.69. The SMILES string of the molecule is CCCCCCCCCCCCC/C=C/C(O)C(CO[C@@H]1OC(CO)[C@@H](O[C@@H]2OC(CO)[C@H](O[C@H]3OC(CO)[C@H](O)C(O[C@@H]4OC(CO)[C@H](O)C(O[C@@H]5OC(CO)[C@H](O)C(O)C5O[C@@H]5OC(C)[C@@H](O)C(O)C5O)C4N)C3O)C(O)C2O)CC1O)NC(=O)CCCCCCCCCCCCC. The molecule has 6 aliphatic rings. The van der Waals surface area contributed by atoms with Gasteiger partial charge in [-0.1, -0.05) is 154 Å². The van der Waals surface area contributed by atoms with E-state index >= 15 is 0 Å². The van der Waals surface area contributed by atoms with Crippen molar-refractivity contribution < 1.29 is 148 Å². The number of carbonyl (C=O) groups is 1. The summed E-state index contributed by atoms with van der Waals surface area (Å²) in [6.07, 6.45) is -20.9. The van der Waals surface area contributed by atoms with Gasteiger partial charge in [-0.15, -0.1) is 0 Å². The zero-order chi connectivity index (χ0) is 73.0. The summed E-state index contributed by atoms with van der Waals surface area (Å²) >= 11 is 0. The number of ether oxygens (including phenoxy) is 12. The van der Waals surface area contributed by atoms with E-state index in [0.717, 1.165) is 51.4 Å². The number of carbonyl (C=O) groups excluding carboxylic acids is 1. The van der Waals surface area contributed by atoms with Gasteiger partial charge in [-0.05, 0) is 26.2 Å². The Balaban J connectivity index is 1.05. The number of aliphatic hydroxyl groups excluding tert-OH is 17. The summed E-state index contributed by atoms with van der Waals surface area (Å²) in [4.78, 5) is 13.4. The standard InChI is InChI=1S/C68H124N2O30/c1-4-6-8-10-12-14-16-17-19-20-22-24-26-28-39(76)38(70-47(78)29-27-25-23-21-18-15-13-11-9-7-5-2)36-89-63-40(77)30-41(42(31-71)92-63)91-66-57(87)55(85)59(46(35-75)96-66)97-67-58(88)61(52(82)45(34-74)94-67)99-64-48(69)60(51(81)44(33-73)93-64)98-68-62(54(84)50(80)43(32-72)95-68)100-65-56(86)53(83)49(79)37(3)90-65/h26,28,37-46,48-68,71-77,79-88H,4-25,27,29-36,69H2,1-3H3,(H,70,78)/b28-26+/t37?,38?,39?,40?,41-,42?,43?,44?,45?,46?,48?,49+,50-,51-,52-,53?,54?,55?,56?,57?,58?,59-,60?,61?,62?,63+,64-,65-,66+,67+,68-/m0/s1. The van der Waals surface area contributed by atoms with Crippen LogP contribution in [0.15, 0.2) is 12.2 Å². The molecule has 31 atom stereocenters. The van der Waals surface area contributed by atoms with E-state index in [-0.39, 0.29) is 25.4 Å². The van der Waals surface area contributed by atoms with Crippen LogP contribution < -0.4 is 11.1 Å². The fraction of sp³-hybridized carbons (Fsp3) is 0.956.